The first kappa shape index (κ1) is 30.0. The highest BCUT2D eigenvalue weighted by Crippen LogP contribution is 2.29. The van der Waals surface area contributed by atoms with Gasteiger partial charge < -0.3 is 10.2 Å². The van der Waals surface area contributed by atoms with Gasteiger partial charge in [0.25, 0.3) is 17.3 Å². The van der Waals surface area contributed by atoms with Crippen molar-refractivity contribution in [3.8, 4) is 0 Å². The molecule has 1 aromatic heterocycles. The minimum absolute atomic E-state index is 0.169. The van der Waals surface area contributed by atoms with Crippen LogP contribution in [0.3, 0.4) is 0 Å². The number of pyridine rings is 1. The van der Waals surface area contributed by atoms with Gasteiger partial charge in [0, 0.05) is 36.3 Å². The molecular formula is C25H33N7O6. The van der Waals surface area contributed by atoms with E-state index in [0.717, 1.165) is 57.0 Å². The molecule has 2 rings (SSSR count). The van der Waals surface area contributed by atoms with Crippen LogP contribution in [0.25, 0.3) is 0 Å². The van der Waals surface area contributed by atoms with Crippen molar-refractivity contribution in [2.75, 3.05) is 25.0 Å². The summed E-state index contributed by atoms with van der Waals surface area (Å²) in [6.45, 7) is 7.49. The highest BCUT2D eigenvalue weighted by molar-refractivity contribution is 6.09. The SMILES string of the molecule is CCCCN(CCCC)C[C@H](C(=O)Nc1ccc([N+](=O)[O-])cc1[N+](=O)[O-])/C(C)=N/NC(=O)c1ccncc1. The Hall–Kier alpha value is -4.26. The van der Waals surface area contributed by atoms with Gasteiger partial charge in [-0.15, -0.1) is 0 Å². The largest absolute Gasteiger partial charge is 0.320 e. The lowest BCUT2D eigenvalue weighted by Crippen LogP contribution is -2.41. The first-order valence-corrected chi connectivity index (χ1v) is 12.4. The molecule has 0 bridgehead atoms. The number of benzene rings is 1. The molecule has 0 aliphatic carbocycles. The summed E-state index contributed by atoms with van der Waals surface area (Å²) in [6.07, 6.45) is 6.70. The molecule has 1 atom stereocenters. The highest BCUT2D eigenvalue weighted by atomic mass is 16.6. The number of unbranched alkanes of at least 4 members (excludes halogenated alkanes) is 2. The number of carbonyl (C=O) groups excluding carboxylic acids is 2. The maximum Gasteiger partial charge on any atom is 0.299 e. The maximum atomic E-state index is 13.4. The van der Waals surface area contributed by atoms with E-state index >= 15 is 0 Å². The molecule has 38 heavy (non-hydrogen) atoms. The van der Waals surface area contributed by atoms with E-state index in [1.165, 1.54) is 24.5 Å². The fraction of sp³-hybridized carbons (Fsp3) is 0.440. The summed E-state index contributed by atoms with van der Waals surface area (Å²) < 4.78 is 0. The average Bonchev–Trinajstić information content (AvgIpc) is 2.91. The van der Waals surface area contributed by atoms with E-state index in [1.807, 2.05) is 0 Å². The summed E-state index contributed by atoms with van der Waals surface area (Å²) >= 11 is 0. The van der Waals surface area contributed by atoms with Gasteiger partial charge in [-0.3, -0.25) is 34.8 Å². The van der Waals surface area contributed by atoms with E-state index in [1.54, 1.807) is 6.92 Å². The van der Waals surface area contributed by atoms with Gasteiger partial charge in [-0.25, -0.2) is 5.43 Å². The first-order valence-electron chi connectivity index (χ1n) is 12.4. The van der Waals surface area contributed by atoms with Crippen LogP contribution in [0.4, 0.5) is 17.1 Å². The predicted octanol–water partition coefficient (Wildman–Crippen LogP) is 4.16. The summed E-state index contributed by atoms with van der Waals surface area (Å²) in [5, 5.41) is 29.3. The molecule has 2 amide bonds. The zero-order valence-corrected chi connectivity index (χ0v) is 21.8. The Morgan fingerprint density at radius 3 is 2.21 bits per heavy atom. The van der Waals surface area contributed by atoms with Gasteiger partial charge in [0.05, 0.1) is 21.8 Å². The fourth-order valence-electron chi connectivity index (χ4n) is 3.62. The zero-order valence-electron chi connectivity index (χ0n) is 21.8. The number of nitro groups is 2. The molecule has 0 saturated carbocycles. The van der Waals surface area contributed by atoms with Crippen molar-refractivity contribution in [1.82, 2.24) is 15.3 Å². The Labute approximate surface area is 220 Å². The van der Waals surface area contributed by atoms with Crippen LogP contribution in [0.5, 0.6) is 0 Å². The summed E-state index contributed by atoms with van der Waals surface area (Å²) in [7, 11) is 0. The quantitative estimate of drug-likeness (QED) is 0.197. The van der Waals surface area contributed by atoms with Crippen LogP contribution in [0, 0.1) is 26.1 Å². The molecule has 0 aliphatic rings. The number of hydrogen-bond donors (Lipinski definition) is 2. The van der Waals surface area contributed by atoms with E-state index in [0.29, 0.717) is 11.3 Å². The number of aromatic nitrogens is 1. The Kier molecular flexibility index (Phi) is 11.9. The number of rotatable bonds is 15. The van der Waals surface area contributed by atoms with Gasteiger partial charge in [-0.2, -0.15) is 5.10 Å². The van der Waals surface area contributed by atoms with Crippen LogP contribution in [-0.2, 0) is 4.79 Å². The molecule has 13 nitrogen and oxygen atoms in total. The number of anilines is 1. The van der Waals surface area contributed by atoms with E-state index in [-0.39, 0.29) is 12.2 Å². The minimum Gasteiger partial charge on any atom is -0.320 e. The maximum absolute atomic E-state index is 13.4. The fourth-order valence-corrected chi connectivity index (χ4v) is 3.62. The second kappa shape index (κ2) is 15.1. The van der Waals surface area contributed by atoms with Gasteiger partial charge >= 0.3 is 0 Å². The third-order valence-electron chi connectivity index (χ3n) is 5.84. The second-order valence-electron chi connectivity index (χ2n) is 8.70. The number of hydrazone groups is 1. The number of carbonyl (C=O) groups is 2. The average molecular weight is 528 g/mol. The standard InChI is InChI=1S/C25H33N7O6/c1-4-6-14-30(15-7-5-2)17-21(18(3)28-29-24(33)19-10-12-26-13-11-19)25(34)27-22-9-8-20(31(35)36)16-23(22)32(37)38/h8-13,16,21H,4-7,14-15,17H2,1-3H3,(H,27,34)(H,29,33)/b28-18+/t21-/m0/s1. The minimum atomic E-state index is -0.865. The van der Waals surface area contributed by atoms with Crippen molar-refractivity contribution in [1.29, 1.82) is 0 Å². The molecule has 0 fully saturated rings. The van der Waals surface area contributed by atoms with Crippen LogP contribution in [0.2, 0.25) is 0 Å². The Bertz CT molecular complexity index is 1150. The third kappa shape index (κ3) is 9.00. The normalized spacial score (nSPS) is 12.2. The molecule has 1 heterocycles. The predicted molar refractivity (Wildman–Crippen MR) is 143 cm³/mol. The number of nitrogens with one attached hydrogen (secondary N) is 2. The molecule has 2 aromatic rings. The smallest absolute Gasteiger partial charge is 0.299 e. The second-order valence-corrected chi connectivity index (χ2v) is 8.70. The van der Waals surface area contributed by atoms with Crippen LogP contribution in [0.1, 0.15) is 56.8 Å². The molecule has 0 radical (unpaired) electrons. The third-order valence-corrected chi connectivity index (χ3v) is 5.84. The van der Waals surface area contributed by atoms with E-state index in [2.05, 4.69) is 39.6 Å². The summed E-state index contributed by atoms with van der Waals surface area (Å²) in [6, 6.07) is 6.07. The van der Waals surface area contributed by atoms with Gasteiger partial charge in [-0.05, 0) is 51.1 Å². The lowest BCUT2D eigenvalue weighted by atomic mass is 10.0. The van der Waals surface area contributed by atoms with Crippen molar-refractivity contribution in [3.05, 3.63) is 68.5 Å². The van der Waals surface area contributed by atoms with Gasteiger partial charge in [0.15, 0.2) is 0 Å². The molecule has 0 saturated heterocycles. The monoisotopic (exact) mass is 527 g/mol. The van der Waals surface area contributed by atoms with Gasteiger partial charge in [-0.1, -0.05) is 26.7 Å². The molecule has 204 valence electrons. The van der Waals surface area contributed by atoms with Crippen LogP contribution >= 0.6 is 0 Å². The van der Waals surface area contributed by atoms with Crippen molar-refractivity contribution in [2.24, 2.45) is 11.0 Å². The molecule has 0 unspecified atom stereocenters. The van der Waals surface area contributed by atoms with Crippen molar-refractivity contribution >= 4 is 34.6 Å². The van der Waals surface area contributed by atoms with Crippen molar-refractivity contribution < 1.29 is 19.4 Å². The van der Waals surface area contributed by atoms with E-state index < -0.39 is 39.0 Å². The lowest BCUT2D eigenvalue weighted by molar-refractivity contribution is -0.393. The Balaban J connectivity index is 2.35. The number of nitro benzene ring substituents is 2. The highest BCUT2D eigenvalue weighted by Gasteiger charge is 2.28. The first-order chi connectivity index (χ1) is 18.2. The topological polar surface area (TPSA) is 173 Å². The summed E-state index contributed by atoms with van der Waals surface area (Å²) in [5.41, 5.74) is 1.85. The molecule has 13 heteroatoms. The van der Waals surface area contributed by atoms with E-state index in [4.69, 9.17) is 0 Å². The van der Waals surface area contributed by atoms with Crippen molar-refractivity contribution in [3.63, 3.8) is 0 Å². The number of nitrogens with zero attached hydrogens (tertiary/aromatic N) is 5. The summed E-state index contributed by atoms with van der Waals surface area (Å²) in [4.78, 5) is 53.0. The van der Waals surface area contributed by atoms with Crippen molar-refractivity contribution in [2.45, 2.75) is 46.5 Å². The Morgan fingerprint density at radius 2 is 1.66 bits per heavy atom. The van der Waals surface area contributed by atoms with Gasteiger partial charge in [0.2, 0.25) is 5.91 Å². The molecule has 0 aliphatic heterocycles. The molecule has 1 aromatic carbocycles. The zero-order chi connectivity index (χ0) is 28.1. The van der Waals surface area contributed by atoms with E-state index in [9.17, 15) is 29.8 Å². The number of hydrogen-bond acceptors (Lipinski definition) is 9. The Morgan fingerprint density at radius 1 is 1.03 bits per heavy atom. The molecular weight excluding hydrogens is 494 g/mol. The lowest BCUT2D eigenvalue weighted by Gasteiger charge is -2.27. The molecule has 2 N–H and O–H groups in total. The number of amides is 2. The van der Waals surface area contributed by atoms with Crippen LogP contribution < -0.4 is 10.7 Å². The van der Waals surface area contributed by atoms with Crippen LogP contribution in [0.15, 0.2) is 47.8 Å². The molecule has 0 spiro atoms. The number of non-ortho nitro benzene ring substituents is 1. The summed E-state index contributed by atoms with van der Waals surface area (Å²) in [5.74, 6) is -1.93. The van der Waals surface area contributed by atoms with Gasteiger partial charge in [0.1, 0.15) is 5.69 Å². The van der Waals surface area contributed by atoms with Crippen LogP contribution in [-0.4, -0.2) is 56.9 Å².